The minimum absolute atomic E-state index is 0.457. The molecule has 0 aliphatic rings. The lowest BCUT2D eigenvalue weighted by molar-refractivity contribution is 0.306. The van der Waals surface area contributed by atoms with Crippen molar-refractivity contribution in [2.45, 2.75) is 12.5 Å². The molecule has 0 aliphatic heterocycles. The summed E-state index contributed by atoms with van der Waals surface area (Å²) in [5, 5.41) is 0.606. The van der Waals surface area contributed by atoms with Crippen LogP contribution in [0.4, 0.5) is 0 Å². The molecule has 0 bridgehead atoms. The summed E-state index contributed by atoms with van der Waals surface area (Å²) < 4.78 is 5.67. The first-order valence-electron chi connectivity index (χ1n) is 5.30. The lowest BCUT2D eigenvalue weighted by atomic mass is 10.2. The second kappa shape index (κ2) is 5.95. The van der Waals surface area contributed by atoms with Gasteiger partial charge in [-0.2, -0.15) is 0 Å². The summed E-state index contributed by atoms with van der Waals surface area (Å²) in [6, 6.07) is 15.5. The fourth-order valence-electron chi connectivity index (χ4n) is 1.48. The summed E-state index contributed by atoms with van der Waals surface area (Å²) in [7, 11) is 0. The number of ether oxygens (including phenoxy) is 1. The summed E-state index contributed by atoms with van der Waals surface area (Å²) in [5.74, 6) is 1.13. The lowest BCUT2D eigenvalue weighted by Gasteiger charge is -2.09. The van der Waals surface area contributed by atoms with Gasteiger partial charge in [-0.15, -0.1) is 11.6 Å². The van der Waals surface area contributed by atoms with Crippen LogP contribution >= 0.6 is 23.2 Å². The maximum atomic E-state index is 6.05. The average molecular weight is 267 g/mol. The van der Waals surface area contributed by atoms with Crippen LogP contribution in [0.1, 0.15) is 11.1 Å². The molecule has 0 radical (unpaired) electrons. The van der Waals surface area contributed by atoms with Gasteiger partial charge in [-0.05, 0) is 23.3 Å². The topological polar surface area (TPSA) is 9.23 Å². The summed E-state index contributed by atoms with van der Waals surface area (Å²) in [5.41, 5.74) is 2.11. The molecule has 0 atom stereocenters. The third-order valence-electron chi connectivity index (χ3n) is 2.39. The standard InChI is InChI=1S/C14H12Cl2O/c15-9-12-6-7-13(16)14(8-12)17-10-11-4-2-1-3-5-11/h1-8H,9-10H2. The van der Waals surface area contributed by atoms with E-state index in [2.05, 4.69) is 0 Å². The highest BCUT2D eigenvalue weighted by Crippen LogP contribution is 2.26. The van der Waals surface area contributed by atoms with Crippen molar-refractivity contribution in [3.8, 4) is 5.75 Å². The molecule has 0 fully saturated rings. The van der Waals surface area contributed by atoms with E-state index in [0.717, 1.165) is 11.1 Å². The summed E-state index contributed by atoms with van der Waals surface area (Å²) in [6.45, 7) is 0.506. The molecule has 88 valence electrons. The minimum Gasteiger partial charge on any atom is -0.487 e. The molecule has 2 aromatic carbocycles. The van der Waals surface area contributed by atoms with Crippen molar-refractivity contribution in [3.63, 3.8) is 0 Å². The Morgan fingerprint density at radius 2 is 1.71 bits per heavy atom. The Kier molecular flexibility index (Phi) is 4.29. The number of hydrogen-bond donors (Lipinski definition) is 0. The molecule has 0 amide bonds. The van der Waals surface area contributed by atoms with Crippen LogP contribution in [0.2, 0.25) is 5.02 Å². The molecule has 0 aliphatic carbocycles. The van der Waals surface area contributed by atoms with Crippen molar-refractivity contribution in [3.05, 3.63) is 64.7 Å². The highest BCUT2D eigenvalue weighted by Gasteiger charge is 2.03. The Labute approximate surface area is 111 Å². The molecule has 0 saturated heterocycles. The second-order valence-corrected chi connectivity index (χ2v) is 4.35. The highest BCUT2D eigenvalue weighted by atomic mass is 35.5. The van der Waals surface area contributed by atoms with Gasteiger partial charge in [0.1, 0.15) is 12.4 Å². The normalized spacial score (nSPS) is 10.2. The van der Waals surface area contributed by atoms with Crippen molar-refractivity contribution in [2.24, 2.45) is 0 Å². The van der Waals surface area contributed by atoms with E-state index in [1.807, 2.05) is 42.5 Å². The van der Waals surface area contributed by atoms with E-state index in [4.69, 9.17) is 27.9 Å². The van der Waals surface area contributed by atoms with Gasteiger partial charge in [0.05, 0.1) is 5.02 Å². The van der Waals surface area contributed by atoms with Crippen molar-refractivity contribution >= 4 is 23.2 Å². The maximum Gasteiger partial charge on any atom is 0.138 e. The van der Waals surface area contributed by atoms with Crippen LogP contribution in [0.25, 0.3) is 0 Å². The van der Waals surface area contributed by atoms with Gasteiger partial charge in [0.15, 0.2) is 0 Å². The van der Waals surface area contributed by atoms with Gasteiger partial charge in [0.2, 0.25) is 0 Å². The van der Waals surface area contributed by atoms with Crippen LogP contribution in [0.5, 0.6) is 5.75 Å². The van der Waals surface area contributed by atoms with E-state index in [0.29, 0.717) is 23.3 Å². The second-order valence-electron chi connectivity index (χ2n) is 3.67. The predicted octanol–water partition coefficient (Wildman–Crippen LogP) is 4.66. The SMILES string of the molecule is ClCc1ccc(Cl)c(OCc2ccccc2)c1. The van der Waals surface area contributed by atoms with Crippen molar-refractivity contribution in [1.82, 2.24) is 0 Å². The molecular weight excluding hydrogens is 255 g/mol. The van der Waals surface area contributed by atoms with E-state index in [-0.39, 0.29) is 0 Å². The van der Waals surface area contributed by atoms with Crippen molar-refractivity contribution in [1.29, 1.82) is 0 Å². The predicted molar refractivity (Wildman–Crippen MR) is 71.8 cm³/mol. The largest absolute Gasteiger partial charge is 0.487 e. The van der Waals surface area contributed by atoms with Crippen LogP contribution in [-0.2, 0) is 12.5 Å². The molecule has 0 aromatic heterocycles. The number of benzene rings is 2. The van der Waals surface area contributed by atoms with Crippen LogP contribution in [-0.4, -0.2) is 0 Å². The monoisotopic (exact) mass is 266 g/mol. The van der Waals surface area contributed by atoms with Crippen LogP contribution in [0, 0.1) is 0 Å². The third-order valence-corrected chi connectivity index (χ3v) is 3.01. The zero-order valence-electron chi connectivity index (χ0n) is 9.20. The van der Waals surface area contributed by atoms with Gasteiger partial charge in [-0.1, -0.05) is 48.0 Å². The molecule has 2 rings (SSSR count). The minimum atomic E-state index is 0.457. The van der Waals surface area contributed by atoms with E-state index < -0.39 is 0 Å². The third kappa shape index (κ3) is 3.39. The molecule has 0 spiro atoms. The van der Waals surface area contributed by atoms with Crippen LogP contribution in [0.3, 0.4) is 0 Å². The number of hydrogen-bond acceptors (Lipinski definition) is 1. The molecule has 0 heterocycles. The molecule has 1 nitrogen and oxygen atoms in total. The molecule has 0 unspecified atom stereocenters. The Hall–Kier alpha value is -1.18. The van der Waals surface area contributed by atoms with E-state index >= 15 is 0 Å². The summed E-state index contributed by atoms with van der Waals surface area (Å²) in [6.07, 6.45) is 0. The average Bonchev–Trinajstić information content (AvgIpc) is 2.39. The van der Waals surface area contributed by atoms with E-state index in [9.17, 15) is 0 Å². The first-order valence-corrected chi connectivity index (χ1v) is 6.22. The number of alkyl halides is 1. The smallest absolute Gasteiger partial charge is 0.138 e. The zero-order valence-corrected chi connectivity index (χ0v) is 10.7. The molecular formula is C14H12Cl2O. The maximum absolute atomic E-state index is 6.05. The Bertz CT molecular complexity index is 483. The van der Waals surface area contributed by atoms with Crippen molar-refractivity contribution in [2.75, 3.05) is 0 Å². The summed E-state index contributed by atoms with van der Waals surface area (Å²) >= 11 is 11.8. The van der Waals surface area contributed by atoms with Crippen LogP contribution in [0.15, 0.2) is 48.5 Å². The lowest BCUT2D eigenvalue weighted by Crippen LogP contribution is -1.96. The fraction of sp³-hybridized carbons (Fsp3) is 0.143. The number of rotatable bonds is 4. The van der Waals surface area contributed by atoms with E-state index in [1.165, 1.54) is 0 Å². The molecule has 0 N–H and O–H groups in total. The molecule has 0 saturated carbocycles. The first-order chi connectivity index (χ1) is 8.29. The Morgan fingerprint density at radius 3 is 2.41 bits per heavy atom. The number of halogens is 2. The fourth-order valence-corrected chi connectivity index (χ4v) is 1.82. The molecule has 3 heteroatoms. The summed E-state index contributed by atoms with van der Waals surface area (Å²) in [4.78, 5) is 0. The van der Waals surface area contributed by atoms with Gasteiger partial charge >= 0.3 is 0 Å². The highest BCUT2D eigenvalue weighted by molar-refractivity contribution is 6.32. The van der Waals surface area contributed by atoms with Crippen LogP contribution < -0.4 is 4.74 Å². The van der Waals surface area contributed by atoms with Gasteiger partial charge < -0.3 is 4.74 Å². The zero-order chi connectivity index (χ0) is 12.1. The first kappa shape index (κ1) is 12.3. The van der Waals surface area contributed by atoms with E-state index in [1.54, 1.807) is 6.07 Å². The van der Waals surface area contributed by atoms with Gasteiger partial charge in [-0.3, -0.25) is 0 Å². The van der Waals surface area contributed by atoms with Crippen molar-refractivity contribution < 1.29 is 4.74 Å². The Balaban J connectivity index is 2.08. The van der Waals surface area contributed by atoms with Gasteiger partial charge in [0.25, 0.3) is 0 Å². The molecule has 2 aromatic rings. The molecule has 17 heavy (non-hydrogen) atoms. The van der Waals surface area contributed by atoms with Gasteiger partial charge in [0, 0.05) is 5.88 Å². The quantitative estimate of drug-likeness (QED) is 0.732. The van der Waals surface area contributed by atoms with Gasteiger partial charge in [-0.25, -0.2) is 0 Å². The Morgan fingerprint density at radius 1 is 0.941 bits per heavy atom.